The minimum atomic E-state index is -0.0109. The SMILES string of the molecule is CC(CO)(NCC1CC1)C1CCCCC1. The lowest BCUT2D eigenvalue weighted by Crippen LogP contribution is -2.53. The number of rotatable bonds is 5. The van der Waals surface area contributed by atoms with E-state index >= 15 is 0 Å². The molecular weight excluding hydrogens is 186 g/mol. The van der Waals surface area contributed by atoms with Crippen molar-refractivity contribution in [2.75, 3.05) is 13.2 Å². The Morgan fingerprint density at radius 1 is 1.13 bits per heavy atom. The maximum absolute atomic E-state index is 9.61. The van der Waals surface area contributed by atoms with Gasteiger partial charge in [0.05, 0.1) is 6.61 Å². The summed E-state index contributed by atoms with van der Waals surface area (Å²) in [7, 11) is 0. The van der Waals surface area contributed by atoms with E-state index < -0.39 is 0 Å². The lowest BCUT2D eigenvalue weighted by molar-refractivity contribution is 0.0943. The highest BCUT2D eigenvalue weighted by Crippen LogP contribution is 2.34. The predicted molar refractivity (Wildman–Crippen MR) is 62.8 cm³/mol. The van der Waals surface area contributed by atoms with E-state index in [1.165, 1.54) is 44.9 Å². The van der Waals surface area contributed by atoms with E-state index in [1.54, 1.807) is 0 Å². The molecule has 2 N–H and O–H groups in total. The summed E-state index contributed by atoms with van der Waals surface area (Å²) < 4.78 is 0. The normalized spacial score (nSPS) is 27.6. The van der Waals surface area contributed by atoms with E-state index in [0.717, 1.165) is 12.5 Å². The van der Waals surface area contributed by atoms with Crippen molar-refractivity contribution in [3.8, 4) is 0 Å². The second-order valence-corrected chi connectivity index (χ2v) is 5.73. The van der Waals surface area contributed by atoms with E-state index in [4.69, 9.17) is 0 Å². The summed E-state index contributed by atoms with van der Waals surface area (Å²) in [6, 6.07) is 0. The van der Waals surface area contributed by atoms with Gasteiger partial charge in [0.25, 0.3) is 0 Å². The van der Waals surface area contributed by atoms with Gasteiger partial charge in [-0.2, -0.15) is 0 Å². The van der Waals surface area contributed by atoms with Crippen LogP contribution in [0, 0.1) is 11.8 Å². The van der Waals surface area contributed by atoms with Gasteiger partial charge in [-0.1, -0.05) is 19.3 Å². The molecule has 1 atom stereocenters. The Bertz CT molecular complexity index is 197. The first-order valence-electron chi connectivity index (χ1n) is 6.60. The van der Waals surface area contributed by atoms with E-state index in [0.29, 0.717) is 12.5 Å². The van der Waals surface area contributed by atoms with Crippen molar-refractivity contribution in [3.63, 3.8) is 0 Å². The molecule has 15 heavy (non-hydrogen) atoms. The van der Waals surface area contributed by atoms with Crippen LogP contribution >= 0.6 is 0 Å². The Hall–Kier alpha value is -0.0800. The fraction of sp³-hybridized carbons (Fsp3) is 1.00. The lowest BCUT2D eigenvalue weighted by Gasteiger charge is -2.39. The summed E-state index contributed by atoms with van der Waals surface area (Å²) in [5.74, 6) is 1.59. The molecule has 0 aliphatic heterocycles. The molecular formula is C13H25NO. The Morgan fingerprint density at radius 3 is 2.33 bits per heavy atom. The molecule has 0 spiro atoms. The Balaban J connectivity index is 1.85. The standard InChI is InChI=1S/C13H25NO/c1-13(10-15,14-9-11-7-8-11)12-5-3-2-4-6-12/h11-12,14-15H,2-10H2,1H3. The molecule has 2 nitrogen and oxygen atoms in total. The zero-order valence-electron chi connectivity index (χ0n) is 9.97. The fourth-order valence-corrected chi connectivity index (χ4v) is 2.77. The summed E-state index contributed by atoms with van der Waals surface area (Å²) in [4.78, 5) is 0. The van der Waals surface area contributed by atoms with Crippen LogP contribution in [0.5, 0.6) is 0 Å². The van der Waals surface area contributed by atoms with Gasteiger partial charge in [-0.3, -0.25) is 0 Å². The lowest BCUT2D eigenvalue weighted by atomic mass is 9.76. The monoisotopic (exact) mass is 211 g/mol. The van der Waals surface area contributed by atoms with Gasteiger partial charge in [0.1, 0.15) is 0 Å². The smallest absolute Gasteiger partial charge is 0.0613 e. The maximum Gasteiger partial charge on any atom is 0.0613 e. The van der Waals surface area contributed by atoms with Gasteiger partial charge in [0.15, 0.2) is 0 Å². The van der Waals surface area contributed by atoms with Crippen molar-refractivity contribution >= 4 is 0 Å². The van der Waals surface area contributed by atoms with Gasteiger partial charge in [0, 0.05) is 5.54 Å². The third-order valence-corrected chi connectivity index (χ3v) is 4.33. The molecule has 0 heterocycles. The third kappa shape index (κ3) is 2.94. The van der Waals surface area contributed by atoms with Crippen LogP contribution in [0.15, 0.2) is 0 Å². The Morgan fingerprint density at radius 2 is 1.80 bits per heavy atom. The zero-order valence-corrected chi connectivity index (χ0v) is 9.97. The molecule has 0 aromatic rings. The molecule has 88 valence electrons. The van der Waals surface area contributed by atoms with Crippen molar-refractivity contribution < 1.29 is 5.11 Å². The molecule has 2 heteroatoms. The molecule has 0 amide bonds. The van der Waals surface area contributed by atoms with Crippen molar-refractivity contribution in [2.24, 2.45) is 11.8 Å². The average molecular weight is 211 g/mol. The predicted octanol–water partition coefficient (Wildman–Crippen LogP) is 2.32. The highest BCUT2D eigenvalue weighted by molar-refractivity contribution is 4.93. The molecule has 2 saturated carbocycles. The summed E-state index contributed by atoms with van der Waals surface area (Å²) in [6.07, 6.45) is 9.47. The molecule has 0 aromatic heterocycles. The number of hydrogen-bond acceptors (Lipinski definition) is 2. The number of aliphatic hydroxyl groups is 1. The highest BCUT2D eigenvalue weighted by Gasteiger charge is 2.35. The van der Waals surface area contributed by atoms with Crippen molar-refractivity contribution in [1.82, 2.24) is 5.32 Å². The molecule has 2 fully saturated rings. The van der Waals surface area contributed by atoms with Gasteiger partial charge >= 0.3 is 0 Å². The minimum absolute atomic E-state index is 0.0109. The Kier molecular flexibility index (Phi) is 3.68. The number of hydrogen-bond donors (Lipinski definition) is 2. The largest absolute Gasteiger partial charge is 0.394 e. The van der Waals surface area contributed by atoms with E-state index in [2.05, 4.69) is 12.2 Å². The van der Waals surface area contributed by atoms with Gasteiger partial charge in [-0.15, -0.1) is 0 Å². The summed E-state index contributed by atoms with van der Waals surface area (Å²) in [5.41, 5.74) is -0.0109. The average Bonchev–Trinajstić information content (AvgIpc) is 3.11. The van der Waals surface area contributed by atoms with Crippen LogP contribution in [0.3, 0.4) is 0 Å². The van der Waals surface area contributed by atoms with Crippen LogP contribution in [-0.4, -0.2) is 23.8 Å². The van der Waals surface area contributed by atoms with Crippen molar-refractivity contribution in [1.29, 1.82) is 0 Å². The van der Waals surface area contributed by atoms with Crippen LogP contribution in [0.2, 0.25) is 0 Å². The van der Waals surface area contributed by atoms with E-state index in [-0.39, 0.29) is 5.54 Å². The zero-order chi connectivity index (χ0) is 10.7. The molecule has 0 aromatic carbocycles. The second-order valence-electron chi connectivity index (χ2n) is 5.73. The topological polar surface area (TPSA) is 32.3 Å². The van der Waals surface area contributed by atoms with Crippen LogP contribution in [0.4, 0.5) is 0 Å². The van der Waals surface area contributed by atoms with Crippen LogP contribution in [0.1, 0.15) is 51.9 Å². The summed E-state index contributed by atoms with van der Waals surface area (Å²) in [6.45, 7) is 3.63. The Labute approximate surface area is 93.5 Å². The molecule has 1 unspecified atom stereocenters. The van der Waals surface area contributed by atoms with Crippen LogP contribution in [-0.2, 0) is 0 Å². The molecule has 0 radical (unpaired) electrons. The molecule has 0 bridgehead atoms. The third-order valence-electron chi connectivity index (χ3n) is 4.33. The fourth-order valence-electron chi connectivity index (χ4n) is 2.77. The van der Waals surface area contributed by atoms with Crippen LogP contribution < -0.4 is 5.32 Å². The summed E-state index contributed by atoms with van der Waals surface area (Å²) in [5, 5.41) is 13.2. The van der Waals surface area contributed by atoms with Crippen LogP contribution in [0.25, 0.3) is 0 Å². The van der Waals surface area contributed by atoms with Crippen molar-refractivity contribution in [2.45, 2.75) is 57.4 Å². The molecule has 2 rings (SSSR count). The first-order chi connectivity index (χ1) is 7.24. The first kappa shape index (κ1) is 11.4. The van der Waals surface area contributed by atoms with E-state index in [9.17, 15) is 5.11 Å². The van der Waals surface area contributed by atoms with Gasteiger partial charge in [-0.05, 0) is 51.0 Å². The maximum atomic E-state index is 9.61. The van der Waals surface area contributed by atoms with Gasteiger partial charge in [0.2, 0.25) is 0 Å². The summed E-state index contributed by atoms with van der Waals surface area (Å²) >= 11 is 0. The first-order valence-corrected chi connectivity index (χ1v) is 6.60. The molecule has 2 aliphatic rings. The van der Waals surface area contributed by atoms with Gasteiger partial charge < -0.3 is 10.4 Å². The second kappa shape index (κ2) is 4.84. The number of aliphatic hydroxyl groups excluding tert-OH is 1. The molecule has 2 aliphatic carbocycles. The van der Waals surface area contributed by atoms with Gasteiger partial charge in [-0.25, -0.2) is 0 Å². The van der Waals surface area contributed by atoms with E-state index in [1.807, 2.05) is 0 Å². The minimum Gasteiger partial charge on any atom is -0.394 e. The quantitative estimate of drug-likeness (QED) is 0.731. The van der Waals surface area contributed by atoms with Crippen molar-refractivity contribution in [3.05, 3.63) is 0 Å². The highest BCUT2D eigenvalue weighted by atomic mass is 16.3. The molecule has 0 saturated heterocycles. The number of nitrogens with one attached hydrogen (secondary N) is 1.